The minimum absolute atomic E-state index is 0. The quantitative estimate of drug-likeness (QED) is 0.0755. The number of aromatic nitrogens is 12. The summed E-state index contributed by atoms with van der Waals surface area (Å²) in [5.74, 6) is 1.92. The number of aromatic amines is 2. The maximum Gasteiger partial charge on any atom is 0.325 e. The fourth-order valence-electron chi connectivity index (χ4n) is 7.81. The lowest BCUT2D eigenvalue weighted by Gasteiger charge is -2.36. The third-order valence-corrected chi connectivity index (χ3v) is 11.7. The number of carbonyl (C=O) groups excluding carboxylic acids is 1. The van der Waals surface area contributed by atoms with Crippen LogP contribution in [0, 0.1) is 0 Å². The Balaban J connectivity index is 0.000000309. The molecule has 74 heavy (non-hydrogen) atoms. The predicted molar refractivity (Wildman–Crippen MR) is 297 cm³/mol. The van der Waals surface area contributed by atoms with E-state index in [9.17, 15) is 9.59 Å². The van der Waals surface area contributed by atoms with Gasteiger partial charge in [-0.05, 0) is 38.1 Å². The third kappa shape index (κ3) is 14.4. The van der Waals surface area contributed by atoms with Gasteiger partial charge >= 0.3 is 5.97 Å². The van der Waals surface area contributed by atoms with Gasteiger partial charge in [0.05, 0.1) is 34.0 Å². The molecule has 8 heterocycles. The van der Waals surface area contributed by atoms with Crippen LogP contribution < -0.4 is 36.1 Å². The van der Waals surface area contributed by atoms with Gasteiger partial charge in [-0.3, -0.25) is 9.59 Å². The van der Waals surface area contributed by atoms with Gasteiger partial charge in [-0.25, -0.2) is 39.3 Å². The van der Waals surface area contributed by atoms with Gasteiger partial charge in [-0.15, -0.1) is 49.6 Å². The van der Waals surface area contributed by atoms with E-state index in [1.165, 1.54) is 23.0 Å². The van der Waals surface area contributed by atoms with Crippen molar-refractivity contribution in [2.24, 2.45) is 0 Å². The summed E-state index contributed by atoms with van der Waals surface area (Å²) >= 11 is 12.3. The second-order valence-corrected chi connectivity index (χ2v) is 16.2. The topological polar surface area (TPSA) is 291 Å². The second kappa shape index (κ2) is 28.7. The van der Waals surface area contributed by atoms with Gasteiger partial charge < -0.3 is 56.0 Å². The number of H-pyrrole nitrogens is 2. The summed E-state index contributed by atoms with van der Waals surface area (Å²) < 4.78 is 13.9. The molecule has 0 saturated carbocycles. The molecule has 2 aliphatic heterocycles. The Morgan fingerprint density at radius 2 is 1.09 bits per heavy atom. The van der Waals surface area contributed by atoms with E-state index in [0.717, 1.165) is 37.6 Å². The molecule has 8 aromatic rings. The average Bonchev–Trinajstić information content (AvgIpc) is 4.20. The number of amides is 1. The van der Waals surface area contributed by atoms with E-state index in [4.69, 9.17) is 49.2 Å². The highest BCUT2D eigenvalue weighted by molar-refractivity contribution is 6.32. The molecule has 0 atom stereocenters. The molecule has 29 heteroatoms. The standard InChI is InChI=1S/C22H24ClN9O2.C12H17ClN2O.C10H9N7O2.CH4.4ClH/c1-2-34-16-11-14(3-4-15(16)23)30-7-9-31(10-8-30)17(33)12-32-22-18(20(24)27-13-28-22)19(29-32)21-25-5-6-26-21;1-2-16-12-9-10(3-4-11(12)13)15-7-5-14-6-8-15;11-8-6-7(9-12-1-2-13-9)16-17(3-5(18)19)10(6)15-4-14-8;;;;;/h3-6,11,13H,2,7-10,12H2,1H3,(H,25,26)(H2,24,27,28);3-4,9,14H,2,5-8H2,1H3;1-2,4H,3H2,(H,12,13)(H,18,19)(H2,11,14,15);1H4;4*1H. The maximum atomic E-state index is 13.1. The number of fused-ring (bicyclic) bond motifs is 2. The number of carboxylic acids is 1. The lowest BCUT2D eigenvalue weighted by Crippen LogP contribution is -2.49. The molecule has 400 valence electrons. The summed E-state index contributed by atoms with van der Waals surface area (Å²) in [6, 6.07) is 11.7. The number of nitrogens with one attached hydrogen (secondary N) is 3. The highest BCUT2D eigenvalue weighted by atomic mass is 35.5. The van der Waals surface area contributed by atoms with Crippen molar-refractivity contribution < 1.29 is 24.2 Å². The van der Waals surface area contributed by atoms with Crippen molar-refractivity contribution in [1.29, 1.82) is 0 Å². The van der Waals surface area contributed by atoms with E-state index in [2.05, 4.69) is 71.3 Å². The number of nitrogen functional groups attached to an aromatic ring is 2. The van der Waals surface area contributed by atoms with Gasteiger partial charge in [0.25, 0.3) is 0 Å². The number of ether oxygens (including phenoxy) is 2. The lowest BCUT2D eigenvalue weighted by molar-refractivity contribution is -0.138. The normalized spacial score (nSPS) is 12.8. The molecule has 2 aromatic carbocycles. The number of anilines is 4. The molecule has 6 aromatic heterocycles. The third-order valence-electron chi connectivity index (χ3n) is 11.0. The van der Waals surface area contributed by atoms with E-state index in [0.29, 0.717) is 100 Å². The first-order valence-electron chi connectivity index (χ1n) is 22.0. The van der Waals surface area contributed by atoms with Crippen molar-refractivity contribution in [1.82, 2.24) is 69.6 Å². The number of halogens is 6. The summed E-state index contributed by atoms with van der Waals surface area (Å²) in [4.78, 5) is 60.9. The number of benzene rings is 2. The van der Waals surface area contributed by atoms with Crippen molar-refractivity contribution in [2.45, 2.75) is 34.4 Å². The van der Waals surface area contributed by atoms with Crippen molar-refractivity contribution in [3.05, 3.63) is 83.9 Å². The highest BCUT2D eigenvalue weighted by Crippen LogP contribution is 2.33. The number of aliphatic carboxylic acids is 1. The Hall–Kier alpha value is -6.60. The number of nitrogens with zero attached hydrogens (tertiary/aromatic N) is 13. The number of hydrogen-bond donors (Lipinski definition) is 6. The van der Waals surface area contributed by atoms with Crippen LogP contribution in [0.2, 0.25) is 10.0 Å². The number of carboxylic acid groups (broad SMARTS) is 1. The van der Waals surface area contributed by atoms with Crippen LogP contribution in [-0.2, 0) is 22.7 Å². The van der Waals surface area contributed by atoms with Crippen LogP contribution in [0.5, 0.6) is 11.5 Å². The van der Waals surface area contributed by atoms with E-state index in [1.807, 2.05) is 49.1 Å². The molecular weight excluding hydrogens is 1090 g/mol. The molecule has 1 amide bonds. The van der Waals surface area contributed by atoms with E-state index < -0.39 is 5.97 Å². The van der Waals surface area contributed by atoms with Crippen LogP contribution in [0.4, 0.5) is 23.0 Å². The number of hydrogen-bond acceptors (Lipinski definition) is 17. The Morgan fingerprint density at radius 1 is 0.649 bits per heavy atom. The SMILES string of the molecule is C.CCOc1cc(N2CCN(C(=O)Cn3nc(-c4ncc[nH]4)c4c(N)ncnc43)CC2)ccc1Cl.CCOc1cc(N2CCNCC2)ccc1Cl.Cl.Cl.Cl.Cl.Nc1ncnc2c1c(-c1ncc[nH]1)nn2CC(=O)O. The van der Waals surface area contributed by atoms with Gasteiger partial charge in [0.2, 0.25) is 5.91 Å². The van der Waals surface area contributed by atoms with Crippen LogP contribution in [0.1, 0.15) is 21.3 Å². The van der Waals surface area contributed by atoms with E-state index in [-0.39, 0.29) is 87.7 Å². The number of nitrogens with two attached hydrogens (primary N) is 2. The van der Waals surface area contributed by atoms with Crippen LogP contribution in [0.25, 0.3) is 45.1 Å². The zero-order chi connectivity index (χ0) is 48.4. The fraction of sp³-hybridized carbons (Fsp3) is 0.333. The molecule has 0 unspecified atom stereocenters. The van der Waals surface area contributed by atoms with Crippen molar-refractivity contribution in [3.63, 3.8) is 0 Å². The summed E-state index contributed by atoms with van der Waals surface area (Å²) in [5.41, 5.74) is 15.9. The largest absolute Gasteiger partial charge is 0.492 e. The summed E-state index contributed by atoms with van der Waals surface area (Å²) in [7, 11) is 0. The summed E-state index contributed by atoms with van der Waals surface area (Å²) in [6.45, 7) is 11.5. The van der Waals surface area contributed by atoms with Crippen LogP contribution in [0.3, 0.4) is 0 Å². The van der Waals surface area contributed by atoms with Crippen molar-refractivity contribution in [3.8, 4) is 34.5 Å². The van der Waals surface area contributed by atoms with Crippen LogP contribution in [0.15, 0.2) is 73.8 Å². The first kappa shape index (κ1) is 61.7. The van der Waals surface area contributed by atoms with Gasteiger partial charge in [0.1, 0.15) is 60.3 Å². The maximum absolute atomic E-state index is 13.1. The molecule has 0 radical (unpaired) electrons. The Labute approximate surface area is 460 Å². The van der Waals surface area contributed by atoms with Crippen LogP contribution in [-0.4, -0.2) is 147 Å². The first-order valence-corrected chi connectivity index (χ1v) is 22.8. The molecule has 2 aliphatic rings. The van der Waals surface area contributed by atoms with Crippen LogP contribution >= 0.6 is 72.8 Å². The Kier molecular flexibility index (Phi) is 24.0. The fourth-order valence-corrected chi connectivity index (χ4v) is 8.15. The summed E-state index contributed by atoms with van der Waals surface area (Å²) in [6.07, 6.45) is 9.16. The number of rotatable bonds is 12. The van der Waals surface area contributed by atoms with Gasteiger partial charge in [0, 0.05) is 101 Å². The average molecular weight is 1140 g/mol. The molecule has 8 N–H and O–H groups in total. The van der Waals surface area contributed by atoms with E-state index in [1.54, 1.807) is 29.5 Å². The zero-order valence-corrected chi connectivity index (χ0v) is 44.1. The molecule has 2 fully saturated rings. The van der Waals surface area contributed by atoms with Crippen molar-refractivity contribution in [2.75, 3.05) is 86.8 Å². The number of piperazine rings is 2. The molecule has 0 aliphatic carbocycles. The lowest BCUT2D eigenvalue weighted by atomic mass is 10.2. The van der Waals surface area contributed by atoms with Crippen molar-refractivity contribution >= 4 is 130 Å². The second-order valence-electron chi connectivity index (χ2n) is 15.4. The molecule has 23 nitrogen and oxygen atoms in total. The Bertz CT molecular complexity index is 3020. The van der Waals surface area contributed by atoms with Gasteiger partial charge in [-0.1, -0.05) is 30.6 Å². The predicted octanol–water partition coefficient (Wildman–Crippen LogP) is 6.55. The molecule has 10 rings (SSSR count). The molecule has 0 spiro atoms. The van der Waals surface area contributed by atoms with E-state index >= 15 is 0 Å². The molecule has 0 bridgehead atoms. The number of imidazole rings is 2. The Morgan fingerprint density at radius 3 is 1.51 bits per heavy atom. The minimum atomic E-state index is -1.02. The highest BCUT2D eigenvalue weighted by Gasteiger charge is 2.26. The molecular formula is C45H58Cl6N18O5. The first-order chi connectivity index (χ1) is 33.5. The molecule has 2 saturated heterocycles. The summed E-state index contributed by atoms with van der Waals surface area (Å²) in [5, 5.41) is 23.3. The van der Waals surface area contributed by atoms with Gasteiger partial charge in [0.15, 0.2) is 22.9 Å². The monoisotopic (exact) mass is 1140 g/mol. The smallest absolute Gasteiger partial charge is 0.325 e. The number of carbonyl (C=O) groups is 2. The van der Waals surface area contributed by atoms with Gasteiger partial charge in [-0.2, -0.15) is 10.2 Å². The zero-order valence-electron chi connectivity index (χ0n) is 39.4. The minimum Gasteiger partial charge on any atom is -0.492 e.